The van der Waals surface area contributed by atoms with E-state index in [4.69, 9.17) is 9.84 Å². The van der Waals surface area contributed by atoms with E-state index in [1.807, 2.05) is 4.90 Å². The molecule has 0 aromatic rings. The largest absolute Gasteiger partial charge is 0.481 e. The van der Waals surface area contributed by atoms with E-state index < -0.39 is 11.9 Å². The van der Waals surface area contributed by atoms with Crippen LogP contribution >= 0.6 is 0 Å². The van der Waals surface area contributed by atoms with Crippen molar-refractivity contribution in [3.8, 4) is 0 Å². The highest BCUT2D eigenvalue weighted by molar-refractivity contribution is 5.89. The molecule has 1 saturated heterocycles. The van der Waals surface area contributed by atoms with Crippen LogP contribution in [-0.2, 0) is 14.3 Å². The average Bonchev–Trinajstić information content (AvgIpc) is 3.10. The van der Waals surface area contributed by atoms with Crippen LogP contribution in [0, 0.1) is 11.8 Å². The number of carbonyl (C=O) groups excluding carboxylic acids is 1. The molecule has 1 heterocycles. The Labute approximate surface area is 119 Å². The Kier molecular flexibility index (Phi) is 3.96. The van der Waals surface area contributed by atoms with E-state index in [9.17, 15) is 9.59 Å². The first kappa shape index (κ1) is 13.9. The maximum absolute atomic E-state index is 12.1. The van der Waals surface area contributed by atoms with Gasteiger partial charge in [0.15, 0.2) is 0 Å². The van der Waals surface area contributed by atoms with Gasteiger partial charge in [0.2, 0.25) is 5.91 Å². The maximum Gasteiger partial charge on any atom is 0.307 e. The predicted molar refractivity (Wildman–Crippen MR) is 72.2 cm³/mol. The molecule has 3 rings (SSSR count). The lowest BCUT2D eigenvalue weighted by atomic mass is 10.1. The fourth-order valence-corrected chi connectivity index (χ4v) is 3.48. The first-order valence-electron chi connectivity index (χ1n) is 7.82. The number of hydrogen-bond donors (Lipinski definition) is 1. The number of carbonyl (C=O) groups is 2. The quantitative estimate of drug-likeness (QED) is 0.851. The summed E-state index contributed by atoms with van der Waals surface area (Å²) in [6.07, 6.45) is 7.95. The van der Waals surface area contributed by atoms with Crippen molar-refractivity contribution in [1.82, 2.24) is 4.90 Å². The summed E-state index contributed by atoms with van der Waals surface area (Å²) in [6.45, 7) is 1.44. The van der Waals surface area contributed by atoms with E-state index in [-0.39, 0.29) is 17.9 Å². The maximum atomic E-state index is 12.1. The molecule has 0 radical (unpaired) electrons. The van der Waals surface area contributed by atoms with E-state index in [1.165, 1.54) is 25.7 Å². The number of piperidine rings is 1. The van der Waals surface area contributed by atoms with Crippen LogP contribution in [0.4, 0.5) is 0 Å². The lowest BCUT2D eigenvalue weighted by Crippen LogP contribution is -2.42. The summed E-state index contributed by atoms with van der Waals surface area (Å²) >= 11 is 0. The fourth-order valence-electron chi connectivity index (χ4n) is 3.48. The highest BCUT2D eigenvalue weighted by Gasteiger charge is 2.50. The van der Waals surface area contributed by atoms with Gasteiger partial charge in [-0.15, -0.1) is 0 Å². The second kappa shape index (κ2) is 5.72. The van der Waals surface area contributed by atoms with E-state index >= 15 is 0 Å². The Hall–Kier alpha value is -1.10. The van der Waals surface area contributed by atoms with Crippen LogP contribution in [0.3, 0.4) is 0 Å². The normalized spacial score (nSPS) is 31.5. The van der Waals surface area contributed by atoms with Crippen LogP contribution in [0.15, 0.2) is 0 Å². The number of hydrogen-bond acceptors (Lipinski definition) is 3. The average molecular weight is 281 g/mol. The SMILES string of the molecule is O=C(O)[C@H]1C[C@H]1C(=O)N1CCC(OC2CCCC2)CC1. The molecular formula is C15H23NO4. The monoisotopic (exact) mass is 281 g/mol. The Morgan fingerprint density at radius 3 is 2.10 bits per heavy atom. The van der Waals surface area contributed by atoms with Gasteiger partial charge in [0.25, 0.3) is 0 Å². The lowest BCUT2D eigenvalue weighted by Gasteiger charge is -2.33. The topological polar surface area (TPSA) is 66.8 Å². The molecule has 1 aliphatic heterocycles. The van der Waals surface area contributed by atoms with Gasteiger partial charge < -0.3 is 14.7 Å². The van der Waals surface area contributed by atoms with Crippen LogP contribution in [0.1, 0.15) is 44.9 Å². The number of nitrogens with zero attached hydrogens (tertiary/aromatic N) is 1. The van der Waals surface area contributed by atoms with Crippen LogP contribution in [0.2, 0.25) is 0 Å². The molecule has 1 N–H and O–H groups in total. The van der Waals surface area contributed by atoms with E-state index in [0.717, 1.165) is 25.9 Å². The minimum atomic E-state index is -0.831. The van der Waals surface area contributed by atoms with Gasteiger partial charge in [-0.3, -0.25) is 9.59 Å². The highest BCUT2D eigenvalue weighted by Crippen LogP contribution is 2.40. The molecule has 0 bridgehead atoms. The molecule has 2 aliphatic carbocycles. The smallest absolute Gasteiger partial charge is 0.307 e. The lowest BCUT2D eigenvalue weighted by molar-refractivity contribution is -0.143. The van der Waals surface area contributed by atoms with Crippen LogP contribution in [-0.4, -0.2) is 47.2 Å². The summed E-state index contributed by atoms with van der Waals surface area (Å²) in [5.41, 5.74) is 0. The van der Waals surface area contributed by atoms with Crippen molar-refractivity contribution in [2.45, 2.75) is 57.2 Å². The number of rotatable bonds is 4. The Balaban J connectivity index is 1.42. The molecule has 0 unspecified atom stereocenters. The van der Waals surface area contributed by atoms with Crippen molar-refractivity contribution < 1.29 is 19.4 Å². The molecule has 3 aliphatic rings. The third kappa shape index (κ3) is 2.97. The number of aliphatic carboxylic acids is 1. The van der Waals surface area contributed by atoms with Gasteiger partial charge >= 0.3 is 5.97 Å². The molecule has 1 amide bonds. The van der Waals surface area contributed by atoms with Crippen LogP contribution in [0.25, 0.3) is 0 Å². The van der Waals surface area contributed by atoms with Gasteiger partial charge in [0, 0.05) is 13.1 Å². The number of ether oxygens (including phenoxy) is 1. The molecular weight excluding hydrogens is 258 g/mol. The second-order valence-electron chi connectivity index (χ2n) is 6.35. The van der Waals surface area contributed by atoms with Gasteiger partial charge in [-0.1, -0.05) is 12.8 Å². The van der Waals surface area contributed by atoms with Gasteiger partial charge in [0.1, 0.15) is 0 Å². The zero-order valence-corrected chi connectivity index (χ0v) is 11.8. The summed E-state index contributed by atoms with van der Waals surface area (Å²) in [7, 11) is 0. The van der Waals surface area contributed by atoms with E-state index in [2.05, 4.69) is 0 Å². The summed E-state index contributed by atoms with van der Waals surface area (Å²) in [6, 6.07) is 0. The highest BCUT2D eigenvalue weighted by atomic mass is 16.5. The summed E-state index contributed by atoms with van der Waals surface area (Å²) in [4.78, 5) is 24.8. The third-order valence-corrected chi connectivity index (χ3v) is 4.87. The third-order valence-electron chi connectivity index (χ3n) is 4.87. The predicted octanol–water partition coefficient (Wildman–Crippen LogP) is 1.66. The van der Waals surface area contributed by atoms with Crippen molar-refractivity contribution >= 4 is 11.9 Å². The summed E-state index contributed by atoms with van der Waals surface area (Å²) < 4.78 is 6.08. The minimum Gasteiger partial charge on any atom is -0.481 e. The van der Waals surface area contributed by atoms with Crippen molar-refractivity contribution in [3.63, 3.8) is 0 Å². The van der Waals surface area contributed by atoms with E-state index in [0.29, 0.717) is 12.5 Å². The molecule has 2 atom stereocenters. The molecule has 0 spiro atoms. The van der Waals surface area contributed by atoms with Crippen LogP contribution < -0.4 is 0 Å². The zero-order valence-electron chi connectivity index (χ0n) is 11.8. The molecule has 5 nitrogen and oxygen atoms in total. The number of likely N-dealkylation sites (tertiary alicyclic amines) is 1. The van der Waals surface area contributed by atoms with Crippen molar-refractivity contribution in [3.05, 3.63) is 0 Å². The standard InChI is InChI=1S/C15H23NO4/c17-14(12-9-13(12)15(18)19)16-7-5-11(6-8-16)20-10-3-1-2-4-10/h10-13H,1-9H2,(H,18,19)/t12-,13+/m1/s1. The van der Waals surface area contributed by atoms with E-state index in [1.54, 1.807) is 0 Å². The molecule has 20 heavy (non-hydrogen) atoms. The Bertz CT molecular complexity index is 383. The van der Waals surface area contributed by atoms with Gasteiger partial charge in [-0.25, -0.2) is 0 Å². The van der Waals surface area contributed by atoms with Crippen molar-refractivity contribution in [2.24, 2.45) is 11.8 Å². The minimum absolute atomic E-state index is 0.0386. The number of carboxylic acid groups (broad SMARTS) is 1. The molecule has 5 heteroatoms. The van der Waals surface area contributed by atoms with Gasteiger partial charge in [-0.2, -0.15) is 0 Å². The van der Waals surface area contributed by atoms with Gasteiger partial charge in [-0.05, 0) is 32.1 Å². The molecule has 0 aromatic heterocycles. The van der Waals surface area contributed by atoms with Gasteiger partial charge in [0.05, 0.1) is 24.0 Å². The number of amides is 1. The van der Waals surface area contributed by atoms with Crippen molar-refractivity contribution in [1.29, 1.82) is 0 Å². The second-order valence-corrected chi connectivity index (χ2v) is 6.35. The first-order chi connectivity index (χ1) is 9.65. The molecule has 0 aromatic carbocycles. The molecule has 2 saturated carbocycles. The van der Waals surface area contributed by atoms with Crippen LogP contribution in [0.5, 0.6) is 0 Å². The first-order valence-corrected chi connectivity index (χ1v) is 7.82. The Morgan fingerprint density at radius 1 is 0.950 bits per heavy atom. The number of carboxylic acids is 1. The summed E-state index contributed by atoms with van der Waals surface area (Å²) in [5.74, 6) is -1.49. The molecule has 112 valence electrons. The summed E-state index contributed by atoms with van der Waals surface area (Å²) in [5, 5.41) is 8.88. The van der Waals surface area contributed by atoms with Crippen molar-refractivity contribution in [2.75, 3.05) is 13.1 Å². The Morgan fingerprint density at radius 2 is 1.55 bits per heavy atom. The fraction of sp³-hybridized carbons (Fsp3) is 0.867. The zero-order chi connectivity index (χ0) is 14.1. The molecule has 3 fully saturated rings.